The van der Waals surface area contributed by atoms with Crippen LogP contribution in [0.4, 0.5) is 10.5 Å². The lowest BCUT2D eigenvalue weighted by molar-refractivity contribution is -0.122. The van der Waals surface area contributed by atoms with Crippen molar-refractivity contribution in [2.45, 2.75) is 20.1 Å². The predicted octanol–water partition coefficient (Wildman–Crippen LogP) is 7.98. The standard InChI is InChI=1S/C33H25BrCl2N2O6/c1-2-42-29-17-22(16-28(34)30(29)44-19-21-4-3-5-24(36)14-21)15-27-31(39)37-33(41)38(32(27)40)25-10-12-26(13-11-25)43-18-20-6-8-23(35)9-7-20/h3-17H,2,18-19H2,1H3,(H,37,39,41)/b27-15+. The van der Waals surface area contributed by atoms with Crippen molar-refractivity contribution >= 4 is 68.7 Å². The van der Waals surface area contributed by atoms with Crippen LogP contribution in [0.2, 0.25) is 10.0 Å². The van der Waals surface area contributed by atoms with Gasteiger partial charge in [-0.05, 0) is 106 Å². The van der Waals surface area contributed by atoms with E-state index in [4.69, 9.17) is 37.4 Å². The summed E-state index contributed by atoms with van der Waals surface area (Å²) in [6, 6.07) is 23.5. The number of halogens is 3. The molecule has 0 aromatic heterocycles. The van der Waals surface area contributed by atoms with Crippen molar-refractivity contribution in [3.05, 3.63) is 122 Å². The Morgan fingerprint density at radius 3 is 2.25 bits per heavy atom. The van der Waals surface area contributed by atoms with Gasteiger partial charge in [0.25, 0.3) is 11.8 Å². The first-order chi connectivity index (χ1) is 21.2. The van der Waals surface area contributed by atoms with E-state index in [1.807, 2.05) is 31.2 Å². The minimum atomic E-state index is -0.854. The van der Waals surface area contributed by atoms with Gasteiger partial charge >= 0.3 is 6.03 Å². The average Bonchev–Trinajstić information content (AvgIpc) is 2.99. The van der Waals surface area contributed by atoms with Crippen molar-refractivity contribution in [1.82, 2.24) is 5.32 Å². The van der Waals surface area contributed by atoms with Crippen LogP contribution in [0, 0.1) is 0 Å². The minimum absolute atomic E-state index is 0.227. The van der Waals surface area contributed by atoms with Gasteiger partial charge in [0.2, 0.25) is 0 Å². The highest BCUT2D eigenvalue weighted by molar-refractivity contribution is 9.10. The van der Waals surface area contributed by atoms with E-state index in [9.17, 15) is 14.4 Å². The molecule has 1 aliphatic heterocycles. The molecule has 11 heteroatoms. The summed E-state index contributed by atoms with van der Waals surface area (Å²) in [5.74, 6) is -0.199. The Morgan fingerprint density at radius 1 is 0.818 bits per heavy atom. The van der Waals surface area contributed by atoms with Crippen molar-refractivity contribution in [3.63, 3.8) is 0 Å². The monoisotopic (exact) mass is 694 g/mol. The summed E-state index contributed by atoms with van der Waals surface area (Å²) in [4.78, 5) is 39.9. The average molecular weight is 696 g/mol. The van der Waals surface area contributed by atoms with Gasteiger partial charge in [-0.25, -0.2) is 9.69 Å². The predicted molar refractivity (Wildman–Crippen MR) is 172 cm³/mol. The van der Waals surface area contributed by atoms with Crippen molar-refractivity contribution in [3.8, 4) is 17.2 Å². The summed E-state index contributed by atoms with van der Waals surface area (Å²) < 4.78 is 18.2. The molecule has 0 unspecified atom stereocenters. The number of anilines is 1. The molecule has 0 atom stereocenters. The number of amides is 4. The molecule has 4 aromatic carbocycles. The smallest absolute Gasteiger partial charge is 0.335 e. The molecule has 1 heterocycles. The molecule has 1 fully saturated rings. The number of urea groups is 1. The second kappa shape index (κ2) is 14.0. The van der Waals surface area contributed by atoms with Crippen molar-refractivity contribution in [2.24, 2.45) is 0 Å². The molecule has 224 valence electrons. The van der Waals surface area contributed by atoms with Gasteiger partial charge in [0.1, 0.15) is 24.5 Å². The molecule has 1 aliphatic rings. The first kappa shape index (κ1) is 31.1. The highest BCUT2D eigenvalue weighted by Gasteiger charge is 2.37. The number of nitrogens with zero attached hydrogens (tertiary/aromatic N) is 1. The third-order valence-electron chi connectivity index (χ3n) is 6.43. The fourth-order valence-corrected chi connectivity index (χ4v) is 5.27. The molecule has 44 heavy (non-hydrogen) atoms. The minimum Gasteiger partial charge on any atom is -0.490 e. The zero-order valence-electron chi connectivity index (χ0n) is 23.3. The first-order valence-corrected chi connectivity index (χ1v) is 15.0. The van der Waals surface area contributed by atoms with Crippen LogP contribution in [0.15, 0.2) is 95.0 Å². The van der Waals surface area contributed by atoms with E-state index in [0.29, 0.717) is 50.5 Å². The van der Waals surface area contributed by atoms with Gasteiger partial charge in [-0.3, -0.25) is 14.9 Å². The topological polar surface area (TPSA) is 94.2 Å². The largest absolute Gasteiger partial charge is 0.490 e. The second-order valence-corrected chi connectivity index (χ2v) is 11.3. The van der Waals surface area contributed by atoms with Crippen LogP contribution in [-0.2, 0) is 22.8 Å². The maximum atomic E-state index is 13.5. The molecule has 0 saturated carbocycles. The quantitative estimate of drug-likeness (QED) is 0.134. The van der Waals surface area contributed by atoms with Crippen LogP contribution >= 0.6 is 39.1 Å². The number of rotatable bonds is 10. The molecular formula is C33H25BrCl2N2O6. The number of hydrogen-bond donors (Lipinski definition) is 1. The van der Waals surface area contributed by atoms with Crippen LogP contribution in [0.5, 0.6) is 17.2 Å². The zero-order valence-corrected chi connectivity index (χ0v) is 26.4. The summed E-state index contributed by atoms with van der Waals surface area (Å²) in [5, 5.41) is 3.47. The number of ether oxygens (including phenoxy) is 3. The van der Waals surface area contributed by atoms with Crippen molar-refractivity contribution in [2.75, 3.05) is 11.5 Å². The van der Waals surface area contributed by atoms with Crippen molar-refractivity contribution < 1.29 is 28.6 Å². The normalized spacial score (nSPS) is 14.0. The van der Waals surface area contributed by atoms with Crippen LogP contribution < -0.4 is 24.4 Å². The molecule has 5 rings (SSSR count). The molecule has 0 aliphatic carbocycles. The molecule has 0 spiro atoms. The molecule has 4 amide bonds. The number of imide groups is 2. The highest BCUT2D eigenvalue weighted by Crippen LogP contribution is 2.38. The Labute approximate surface area is 272 Å². The van der Waals surface area contributed by atoms with E-state index >= 15 is 0 Å². The Morgan fingerprint density at radius 2 is 1.55 bits per heavy atom. The summed E-state index contributed by atoms with van der Waals surface area (Å²) in [6.45, 7) is 2.73. The van der Waals surface area contributed by atoms with E-state index in [0.717, 1.165) is 16.0 Å². The third-order valence-corrected chi connectivity index (χ3v) is 7.51. The van der Waals surface area contributed by atoms with E-state index in [1.165, 1.54) is 6.08 Å². The van der Waals surface area contributed by atoms with Crippen LogP contribution in [0.25, 0.3) is 6.08 Å². The van der Waals surface area contributed by atoms with Gasteiger partial charge in [-0.1, -0.05) is 47.5 Å². The second-order valence-electron chi connectivity index (χ2n) is 9.55. The first-order valence-electron chi connectivity index (χ1n) is 13.4. The molecule has 1 N–H and O–H groups in total. The van der Waals surface area contributed by atoms with Crippen LogP contribution in [0.3, 0.4) is 0 Å². The molecule has 4 aromatic rings. The van der Waals surface area contributed by atoms with Crippen LogP contribution in [0.1, 0.15) is 23.6 Å². The van der Waals surface area contributed by atoms with Crippen LogP contribution in [-0.4, -0.2) is 24.5 Å². The lowest BCUT2D eigenvalue weighted by atomic mass is 10.1. The maximum absolute atomic E-state index is 13.5. The van der Waals surface area contributed by atoms with Gasteiger partial charge in [0, 0.05) is 10.0 Å². The number of carbonyl (C=O) groups is 3. The fourth-order valence-electron chi connectivity index (χ4n) is 4.35. The Balaban J connectivity index is 1.35. The molecule has 0 radical (unpaired) electrons. The maximum Gasteiger partial charge on any atom is 0.335 e. The SMILES string of the molecule is CCOc1cc(/C=C2\C(=O)NC(=O)N(c3ccc(OCc4ccc(Cl)cc4)cc3)C2=O)cc(Br)c1OCc1cccc(Cl)c1. The number of benzene rings is 4. The number of nitrogens with one attached hydrogen (secondary N) is 1. The lowest BCUT2D eigenvalue weighted by Crippen LogP contribution is -2.54. The summed E-state index contributed by atoms with van der Waals surface area (Å²) in [7, 11) is 0. The summed E-state index contributed by atoms with van der Waals surface area (Å²) in [5.41, 5.74) is 2.32. The number of barbiturate groups is 1. The zero-order chi connectivity index (χ0) is 31.2. The van der Waals surface area contributed by atoms with E-state index in [2.05, 4.69) is 21.2 Å². The lowest BCUT2D eigenvalue weighted by Gasteiger charge is -2.26. The Kier molecular flexibility index (Phi) is 9.89. The van der Waals surface area contributed by atoms with E-state index in [1.54, 1.807) is 60.7 Å². The number of carbonyl (C=O) groups excluding carboxylic acids is 3. The highest BCUT2D eigenvalue weighted by atomic mass is 79.9. The van der Waals surface area contributed by atoms with Gasteiger partial charge in [-0.2, -0.15) is 0 Å². The fraction of sp³-hybridized carbons (Fsp3) is 0.121. The molecule has 1 saturated heterocycles. The van der Waals surface area contributed by atoms with Gasteiger partial charge in [0.05, 0.1) is 16.8 Å². The van der Waals surface area contributed by atoms with E-state index < -0.39 is 17.8 Å². The van der Waals surface area contributed by atoms with Gasteiger partial charge in [-0.15, -0.1) is 0 Å². The van der Waals surface area contributed by atoms with Crippen molar-refractivity contribution in [1.29, 1.82) is 0 Å². The van der Waals surface area contributed by atoms with Gasteiger partial charge < -0.3 is 14.2 Å². The Hall–Kier alpha value is -4.31. The third kappa shape index (κ3) is 7.42. The van der Waals surface area contributed by atoms with Gasteiger partial charge in [0.15, 0.2) is 11.5 Å². The van der Waals surface area contributed by atoms with E-state index in [-0.39, 0.29) is 17.9 Å². The molecular weight excluding hydrogens is 671 g/mol. The molecule has 0 bridgehead atoms. The Bertz CT molecular complexity index is 1740. The molecule has 8 nitrogen and oxygen atoms in total. The number of hydrogen-bond acceptors (Lipinski definition) is 6. The summed E-state index contributed by atoms with van der Waals surface area (Å²) in [6.07, 6.45) is 1.40. The summed E-state index contributed by atoms with van der Waals surface area (Å²) >= 11 is 15.5.